The van der Waals surface area contributed by atoms with Gasteiger partial charge in [-0.3, -0.25) is 4.31 Å². The van der Waals surface area contributed by atoms with Gasteiger partial charge in [-0.2, -0.15) is 0 Å². The summed E-state index contributed by atoms with van der Waals surface area (Å²) in [5.41, 5.74) is 6.86. The molecule has 0 bridgehead atoms. The van der Waals surface area contributed by atoms with Crippen molar-refractivity contribution in [1.29, 1.82) is 0 Å². The fourth-order valence-electron chi connectivity index (χ4n) is 1.98. The zero-order valence-electron chi connectivity index (χ0n) is 11.1. The number of rotatable bonds is 4. The molecule has 0 atom stereocenters. The minimum atomic E-state index is -3.57. The van der Waals surface area contributed by atoms with Crippen LogP contribution < -0.4 is 10.0 Å². The van der Waals surface area contributed by atoms with E-state index >= 15 is 0 Å². The highest BCUT2D eigenvalue weighted by Crippen LogP contribution is 2.33. The molecule has 2 aromatic rings. The lowest BCUT2D eigenvalue weighted by molar-refractivity contribution is 0.592. The quantitative estimate of drug-likeness (QED) is 0.831. The molecule has 20 heavy (non-hydrogen) atoms. The van der Waals surface area contributed by atoms with E-state index in [2.05, 4.69) is 15.9 Å². The van der Waals surface area contributed by atoms with Crippen LogP contribution in [0.2, 0.25) is 0 Å². The number of halogens is 1. The summed E-state index contributed by atoms with van der Waals surface area (Å²) in [6.45, 7) is 3.95. The molecule has 0 radical (unpaired) electrons. The van der Waals surface area contributed by atoms with Crippen LogP contribution in [-0.4, -0.2) is 15.0 Å². The maximum Gasteiger partial charge on any atom is 0.265 e. The Morgan fingerprint density at radius 2 is 2.05 bits per heavy atom. The van der Waals surface area contributed by atoms with E-state index in [0.717, 1.165) is 8.66 Å². The number of sulfonamides is 1. The summed E-state index contributed by atoms with van der Waals surface area (Å²) < 4.78 is 27.7. The maximum absolute atomic E-state index is 12.8. The van der Waals surface area contributed by atoms with Gasteiger partial charge in [-0.1, -0.05) is 6.07 Å². The molecule has 1 aromatic heterocycles. The van der Waals surface area contributed by atoms with Crippen LogP contribution in [0.15, 0.2) is 39.0 Å². The second kappa shape index (κ2) is 5.75. The third-order valence-electron chi connectivity index (χ3n) is 2.86. The minimum absolute atomic E-state index is 0.332. The van der Waals surface area contributed by atoms with Crippen LogP contribution >= 0.6 is 27.3 Å². The van der Waals surface area contributed by atoms with E-state index in [4.69, 9.17) is 5.73 Å². The normalized spacial score (nSPS) is 11.6. The molecule has 2 N–H and O–H groups in total. The predicted octanol–water partition coefficient (Wildman–Crippen LogP) is 3.62. The van der Waals surface area contributed by atoms with Crippen molar-refractivity contribution < 1.29 is 8.42 Å². The fraction of sp³-hybridized carbons (Fsp3) is 0.231. The van der Waals surface area contributed by atoms with E-state index in [1.165, 1.54) is 15.6 Å². The Bertz CT molecular complexity index is 726. The SMILES string of the molecule is CCN(c1cccc(N)c1)S(=O)(=O)c1cc(Br)sc1C. The second-order valence-corrected chi connectivity index (χ2v) is 8.70. The predicted molar refractivity (Wildman–Crippen MR) is 87.8 cm³/mol. The van der Waals surface area contributed by atoms with Crippen LogP contribution in [0.3, 0.4) is 0 Å². The van der Waals surface area contributed by atoms with Gasteiger partial charge in [0.15, 0.2) is 0 Å². The lowest BCUT2D eigenvalue weighted by atomic mass is 10.3. The third kappa shape index (κ3) is 2.84. The molecule has 0 amide bonds. The standard InChI is InChI=1S/C13H15BrN2O2S2/c1-3-16(11-6-4-5-10(15)7-11)20(17,18)12-8-13(14)19-9(12)2/h4-8H,3,15H2,1-2H3. The average Bonchev–Trinajstić information content (AvgIpc) is 2.70. The number of benzene rings is 1. The molecular formula is C13H15BrN2O2S2. The van der Waals surface area contributed by atoms with Crippen LogP contribution in [0, 0.1) is 6.92 Å². The van der Waals surface area contributed by atoms with Gasteiger partial charge in [0.25, 0.3) is 10.0 Å². The number of thiophene rings is 1. The lowest BCUT2D eigenvalue weighted by Crippen LogP contribution is -2.30. The van der Waals surface area contributed by atoms with Gasteiger partial charge in [-0.15, -0.1) is 11.3 Å². The number of aryl methyl sites for hydroxylation is 1. The molecule has 0 aliphatic rings. The Balaban J connectivity index is 2.53. The number of nitrogens with zero attached hydrogens (tertiary/aromatic N) is 1. The largest absolute Gasteiger partial charge is 0.399 e. The van der Waals surface area contributed by atoms with Crippen molar-refractivity contribution >= 4 is 48.7 Å². The van der Waals surface area contributed by atoms with Crippen LogP contribution in [0.4, 0.5) is 11.4 Å². The van der Waals surface area contributed by atoms with Gasteiger partial charge in [0.05, 0.1) is 9.47 Å². The van der Waals surface area contributed by atoms with Crippen LogP contribution in [-0.2, 0) is 10.0 Å². The Morgan fingerprint density at radius 3 is 2.55 bits per heavy atom. The van der Waals surface area contributed by atoms with Crippen molar-refractivity contribution in [3.8, 4) is 0 Å². The van der Waals surface area contributed by atoms with E-state index in [1.807, 2.05) is 0 Å². The second-order valence-electron chi connectivity index (χ2n) is 4.24. The van der Waals surface area contributed by atoms with E-state index in [9.17, 15) is 8.42 Å². The summed E-state index contributed by atoms with van der Waals surface area (Å²) in [4.78, 5) is 1.10. The minimum Gasteiger partial charge on any atom is -0.399 e. The molecule has 0 saturated carbocycles. The first-order chi connectivity index (χ1) is 9.36. The number of anilines is 2. The molecule has 7 heteroatoms. The molecule has 108 valence electrons. The number of nitrogen functional groups attached to an aromatic ring is 1. The molecule has 4 nitrogen and oxygen atoms in total. The molecule has 0 aliphatic carbocycles. The van der Waals surface area contributed by atoms with Gasteiger partial charge in [0.2, 0.25) is 0 Å². The van der Waals surface area contributed by atoms with Gasteiger partial charge in [-0.05, 0) is 54.0 Å². The van der Waals surface area contributed by atoms with Gasteiger partial charge in [0, 0.05) is 17.1 Å². The molecule has 1 heterocycles. The first-order valence-electron chi connectivity index (χ1n) is 6.00. The average molecular weight is 375 g/mol. The summed E-state index contributed by atoms with van der Waals surface area (Å²) in [7, 11) is -3.57. The summed E-state index contributed by atoms with van der Waals surface area (Å²) in [5, 5.41) is 0. The summed E-state index contributed by atoms with van der Waals surface area (Å²) in [5.74, 6) is 0. The fourth-order valence-corrected chi connectivity index (χ4v) is 5.83. The lowest BCUT2D eigenvalue weighted by Gasteiger charge is -2.23. The zero-order valence-corrected chi connectivity index (χ0v) is 14.3. The Kier molecular flexibility index (Phi) is 4.41. The molecule has 0 spiro atoms. The first kappa shape index (κ1) is 15.3. The smallest absolute Gasteiger partial charge is 0.265 e. The third-order valence-corrected chi connectivity index (χ3v) is 6.57. The van der Waals surface area contributed by atoms with Crippen molar-refractivity contribution in [2.45, 2.75) is 18.7 Å². The monoisotopic (exact) mass is 374 g/mol. The van der Waals surface area contributed by atoms with Crippen LogP contribution in [0.1, 0.15) is 11.8 Å². The van der Waals surface area contributed by atoms with Gasteiger partial charge >= 0.3 is 0 Å². The zero-order chi connectivity index (χ0) is 14.9. The molecule has 0 unspecified atom stereocenters. The van der Waals surface area contributed by atoms with Gasteiger partial charge < -0.3 is 5.73 Å². The number of hydrogen-bond donors (Lipinski definition) is 1. The summed E-state index contributed by atoms with van der Waals surface area (Å²) in [6.07, 6.45) is 0. The van der Waals surface area contributed by atoms with Crippen molar-refractivity contribution in [2.75, 3.05) is 16.6 Å². The Labute approximate surface area is 131 Å². The Morgan fingerprint density at radius 1 is 1.35 bits per heavy atom. The number of hydrogen-bond acceptors (Lipinski definition) is 4. The van der Waals surface area contributed by atoms with Crippen molar-refractivity contribution in [2.24, 2.45) is 0 Å². The summed E-state index contributed by atoms with van der Waals surface area (Å²) >= 11 is 4.74. The van der Waals surface area contributed by atoms with Crippen LogP contribution in [0.25, 0.3) is 0 Å². The molecule has 0 fully saturated rings. The van der Waals surface area contributed by atoms with Gasteiger partial charge in [-0.25, -0.2) is 8.42 Å². The van der Waals surface area contributed by atoms with Crippen LogP contribution in [0.5, 0.6) is 0 Å². The number of nitrogens with two attached hydrogens (primary N) is 1. The first-order valence-corrected chi connectivity index (χ1v) is 9.05. The molecule has 0 saturated heterocycles. The highest BCUT2D eigenvalue weighted by atomic mass is 79.9. The maximum atomic E-state index is 12.8. The van der Waals surface area contributed by atoms with E-state index < -0.39 is 10.0 Å². The molecule has 2 rings (SSSR count). The molecule has 1 aromatic carbocycles. The van der Waals surface area contributed by atoms with E-state index in [0.29, 0.717) is 22.8 Å². The molecular weight excluding hydrogens is 360 g/mol. The van der Waals surface area contributed by atoms with Gasteiger partial charge in [0.1, 0.15) is 4.90 Å². The summed E-state index contributed by atoms with van der Waals surface area (Å²) in [6, 6.07) is 8.53. The van der Waals surface area contributed by atoms with E-state index in [-0.39, 0.29) is 0 Å². The highest BCUT2D eigenvalue weighted by molar-refractivity contribution is 9.11. The van der Waals surface area contributed by atoms with Crippen molar-refractivity contribution in [3.63, 3.8) is 0 Å². The van der Waals surface area contributed by atoms with Crippen molar-refractivity contribution in [1.82, 2.24) is 0 Å². The van der Waals surface area contributed by atoms with Crippen molar-refractivity contribution in [3.05, 3.63) is 39.0 Å². The molecule has 0 aliphatic heterocycles. The topological polar surface area (TPSA) is 63.4 Å². The highest BCUT2D eigenvalue weighted by Gasteiger charge is 2.27. The Hall–Kier alpha value is -1.05. The van der Waals surface area contributed by atoms with E-state index in [1.54, 1.807) is 44.2 Å².